The monoisotopic (exact) mass is 217 g/mol. The number of nitrogens with two attached hydrogens (primary N) is 1. The van der Waals surface area contributed by atoms with Gasteiger partial charge in [-0.05, 0) is 24.6 Å². The number of hydrogen-bond acceptors (Lipinski definition) is 2. The molecule has 0 saturated carbocycles. The van der Waals surface area contributed by atoms with Crippen molar-refractivity contribution in [3.05, 3.63) is 0 Å². The lowest BCUT2D eigenvalue weighted by molar-refractivity contribution is 0.257. The molecular formula is C11H27NOSi. The predicted molar refractivity (Wildman–Crippen MR) is 66.0 cm³/mol. The molecule has 0 radical (unpaired) electrons. The van der Waals surface area contributed by atoms with Crippen LogP contribution >= 0.6 is 0 Å². The molecule has 0 rings (SSSR count). The summed E-state index contributed by atoms with van der Waals surface area (Å²) in [6.45, 7) is 14.2. The molecule has 2 nitrogen and oxygen atoms in total. The first-order valence-corrected chi connectivity index (χ1v) is 8.51. The lowest BCUT2D eigenvalue weighted by Gasteiger charge is -2.36. The van der Waals surface area contributed by atoms with Gasteiger partial charge >= 0.3 is 0 Å². The predicted octanol–water partition coefficient (Wildman–Crippen LogP) is 3.14. The summed E-state index contributed by atoms with van der Waals surface area (Å²) in [6, 6.07) is 0.217. The highest BCUT2D eigenvalue weighted by molar-refractivity contribution is 6.74. The normalized spacial score (nSPS) is 15.6. The lowest BCUT2D eigenvalue weighted by atomic mass is 10.2. The zero-order valence-corrected chi connectivity index (χ0v) is 11.7. The van der Waals surface area contributed by atoms with Crippen molar-refractivity contribution < 1.29 is 4.43 Å². The Labute approximate surface area is 90.3 Å². The van der Waals surface area contributed by atoms with Gasteiger partial charge in [0.05, 0.1) is 0 Å². The summed E-state index contributed by atoms with van der Waals surface area (Å²) in [6.07, 6.45) is 2.21. The van der Waals surface area contributed by atoms with Gasteiger partial charge in [0.2, 0.25) is 0 Å². The van der Waals surface area contributed by atoms with Crippen LogP contribution in [0.15, 0.2) is 0 Å². The van der Waals surface area contributed by atoms with E-state index in [0.29, 0.717) is 5.04 Å². The van der Waals surface area contributed by atoms with Crippen LogP contribution in [-0.2, 0) is 4.43 Å². The van der Waals surface area contributed by atoms with Crippen LogP contribution in [0, 0.1) is 0 Å². The fourth-order valence-electron chi connectivity index (χ4n) is 0.986. The molecule has 3 heteroatoms. The highest BCUT2D eigenvalue weighted by atomic mass is 28.4. The molecule has 0 amide bonds. The van der Waals surface area contributed by atoms with Crippen LogP contribution in [-0.4, -0.2) is 21.0 Å². The van der Waals surface area contributed by atoms with E-state index in [1.165, 1.54) is 0 Å². The molecule has 0 heterocycles. The molecule has 0 unspecified atom stereocenters. The van der Waals surface area contributed by atoms with Gasteiger partial charge < -0.3 is 10.2 Å². The van der Waals surface area contributed by atoms with E-state index < -0.39 is 8.32 Å². The topological polar surface area (TPSA) is 35.2 Å². The quantitative estimate of drug-likeness (QED) is 0.718. The van der Waals surface area contributed by atoms with E-state index in [4.69, 9.17) is 10.2 Å². The standard InChI is InChI=1S/C11H27NOSi/c1-7-8-10(12)9-13-14(5,6)11(2,3)4/h10H,7-9,12H2,1-6H3/t10-/m1/s1. The summed E-state index contributed by atoms with van der Waals surface area (Å²) in [4.78, 5) is 0. The van der Waals surface area contributed by atoms with Crippen molar-refractivity contribution in [3.63, 3.8) is 0 Å². The Morgan fingerprint density at radius 1 is 1.29 bits per heavy atom. The van der Waals surface area contributed by atoms with E-state index in [2.05, 4.69) is 40.8 Å². The maximum atomic E-state index is 6.02. The van der Waals surface area contributed by atoms with Crippen LogP contribution in [0.1, 0.15) is 40.5 Å². The van der Waals surface area contributed by atoms with E-state index in [9.17, 15) is 0 Å². The van der Waals surface area contributed by atoms with Crippen molar-refractivity contribution in [2.45, 2.75) is 64.7 Å². The summed E-state index contributed by atoms with van der Waals surface area (Å²) in [5, 5.41) is 0.291. The second-order valence-corrected chi connectivity index (χ2v) is 10.4. The maximum absolute atomic E-state index is 6.02. The molecule has 2 N–H and O–H groups in total. The molecule has 0 saturated heterocycles. The van der Waals surface area contributed by atoms with Crippen LogP contribution in [0.3, 0.4) is 0 Å². The van der Waals surface area contributed by atoms with Gasteiger partial charge in [-0.25, -0.2) is 0 Å². The van der Waals surface area contributed by atoms with Gasteiger partial charge in [0.25, 0.3) is 0 Å². The molecular weight excluding hydrogens is 190 g/mol. The fraction of sp³-hybridized carbons (Fsp3) is 1.00. The van der Waals surface area contributed by atoms with Gasteiger partial charge in [-0.3, -0.25) is 0 Å². The molecule has 0 aromatic rings. The van der Waals surface area contributed by atoms with Gasteiger partial charge in [0.15, 0.2) is 8.32 Å². The molecule has 0 aliphatic heterocycles. The van der Waals surface area contributed by atoms with Crippen molar-refractivity contribution in [2.75, 3.05) is 6.61 Å². The zero-order valence-electron chi connectivity index (χ0n) is 10.7. The van der Waals surface area contributed by atoms with Crippen LogP contribution in [0.2, 0.25) is 18.1 Å². The molecule has 0 aliphatic carbocycles. The van der Waals surface area contributed by atoms with Crippen LogP contribution in [0.5, 0.6) is 0 Å². The first-order valence-electron chi connectivity index (χ1n) is 5.60. The molecule has 14 heavy (non-hydrogen) atoms. The minimum Gasteiger partial charge on any atom is -0.415 e. The third kappa shape index (κ3) is 4.58. The van der Waals surface area contributed by atoms with Crippen LogP contribution < -0.4 is 5.73 Å². The Morgan fingerprint density at radius 2 is 1.79 bits per heavy atom. The molecule has 0 spiro atoms. The average molecular weight is 217 g/mol. The van der Waals surface area contributed by atoms with Crippen LogP contribution in [0.4, 0.5) is 0 Å². The zero-order chi connectivity index (χ0) is 11.4. The molecule has 86 valence electrons. The molecule has 0 aromatic carbocycles. The van der Waals surface area contributed by atoms with Crippen LogP contribution in [0.25, 0.3) is 0 Å². The molecule has 0 bridgehead atoms. The van der Waals surface area contributed by atoms with Crippen molar-refractivity contribution in [3.8, 4) is 0 Å². The largest absolute Gasteiger partial charge is 0.415 e. The van der Waals surface area contributed by atoms with E-state index in [1.807, 2.05) is 0 Å². The van der Waals surface area contributed by atoms with Gasteiger partial charge in [-0.15, -0.1) is 0 Å². The smallest absolute Gasteiger partial charge is 0.192 e. The molecule has 0 fully saturated rings. The second-order valence-electron chi connectivity index (χ2n) is 5.62. The Hall–Kier alpha value is 0.137. The highest BCUT2D eigenvalue weighted by Crippen LogP contribution is 2.36. The Kier molecular flexibility index (Phi) is 5.34. The Morgan fingerprint density at radius 3 is 2.14 bits per heavy atom. The van der Waals surface area contributed by atoms with E-state index >= 15 is 0 Å². The van der Waals surface area contributed by atoms with Crippen molar-refractivity contribution in [1.82, 2.24) is 0 Å². The fourth-order valence-corrected chi connectivity index (χ4v) is 2.05. The first-order chi connectivity index (χ1) is 6.20. The van der Waals surface area contributed by atoms with Gasteiger partial charge in [0.1, 0.15) is 0 Å². The van der Waals surface area contributed by atoms with Crippen molar-refractivity contribution in [1.29, 1.82) is 0 Å². The SMILES string of the molecule is CCC[C@@H](N)CO[Si](C)(C)C(C)(C)C. The summed E-state index contributed by atoms with van der Waals surface area (Å²) in [5.74, 6) is 0. The first kappa shape index (κ1) is 14.1. The van der Waals surface area contributed by atoms with Gasteiger partial charge in [-0.2, -0.15) is 0 Å². The summed E-state index contributed by atoms with van der Waals surface area (Å²) in [7, 11) is -1.58. The minimum atomic E-state index is -1.58. The van der Waals surface area contributed by atoms with E-state index in [1.54, 1.807) is 0 Å². The van der Waals surface area contributed by atoms with Crippen molar-refractivity contribution >= 4 is 8.32 Å². The molecule has 0 aliphatic rings. The molecule has 0 aromatic heterocycles. The third-order valence-electron chi connectivity index (χ3n) is 3.12. The van der Waals surface area contributed by atoms with Crippen molar-refractivity contribution in [2.24, 2.45) is 5.73 Å². The minimum absolute atomic E-state index is 0.217. The molecule has 1 atom stereocenters. The summed E-state index contributed by atoms with van der Waals surface area (Å²) >= 11 is 0. The van der Waals surface area contributed by atoms with Gasteiger partial charge in [0, 0.05) is 12.6 Å². The van der Waals surface area contributed by atoms with E-state index in [-0.39, 0.29) is 6.04 Å². The second kappa shape index (κ2) is 5.28. The highest BCUT2D eigenvalue weighted by Gasteiger charge is 2.37. The number of hydrogen-bond donors (Lipinski definition) is 1. The maximum Gasteiger partial charge on any atom is 0.192 e. The van der Waals surface area contributed by atoms with Gasteiger partial charge in [-0.1, -0.05) is 34.1 Å². The van der Waals surface area contributed by atoms with E-state index in [0.717, 1.165) is 19.4 Å². The third-order valence-corrected chi connectivity index (χ3v) is 7.62. The number of rotatable bonds is 5. The lowest BCUT2D eigenvalue weighted by Crippen LogP contribution is -2.43. The Bertz CT molecular complexity index is 163. The average Bonchev–Trinajstić information content (AvgIpc) is 1.99. The summed E-state index contributed by atoms with van der Waals surface area (Å²) in [5.41, 5.74) is 5.93. The summed E-state index contributed by atoms with van der Waals surface area (Å²) < 4.78 is 6.02. The Balaban J connectivity index is 3.99.